The first-order valence-electron chi connectivity index (χ1n) is 6.55. The van der Waals surface area contributed by atoms with Crippen LogP contribution in [-0.2, 0) is 14.8 Å². The van der Waals surface area contributed by atoms with Crippen molar-refractivity contribution in [3.05, 3.63) is 29.8 Å². The standard InChI is InChI=1S/C14H22N2O3S/c1-10(2)9-14(17)15-11(3)12-7-5-6-8-13(12)16-20(4,18)19/h5-8,10-11,16H,9H2,1-4H3,(H,15,17). The van der Waals surface area contributed by atoms with E-state index in [9.17, 15) is 13.2 Å². The molecule has 0 spiro atoms. The van der Waals surface area contributed by atoms with Crippen LogP contribution in [0.3, 0.4) is 0 Å². The van der Waals surface area contributed by atoms with Gasteiger partial charge in [-0.3, -0.25) is 9.52 Å². The summed E-state index contributed by atoms with van der Waals surface area (Å²) in [5, 5.41) is 2.88. The van der Waals surface area contributed by atoms with Gasteiger partial charge < -0.3 is 5.32 Å². The second kappa shape index (κ2) is 6.74. The lowest BCUT2D eigenvalue weighted by atomic mass is 10.1. The molecule has 1 atom stereocenters. The molecule has 0 saturated carbocycles. The van der Waals surface area contributed by atoms with Crippen LogP contribution in [0.4, 0.5) is 5.69 Å². The van der Waals surface area contributed by atoms with Crippen molar-refractivity contribution in [3.8, 4) is 0 Å². The minimum absolute atomic E-state index is 0.0401. The van der Waals surface area contributed by atoms with Gasteiger partial charge in [0.15, 0.2) is 0 Å². The van der Waals surface area contributed by atoms with Gasteiger partial charge in [-0.25, -0.2) is 8.42 Å². The van der Waals surface area contributed by atoms with Crippen LogP contribution in [0.1, 0.15) is 38.8 Å². The average Bonchev–Trinajstić information content (AvgIpc) is 2.25. The highest BCUT2D eigenvalue weighted by Gasteiger charge is 2.15. The largest absolute Gasteiger partial charge is 0.349 e. The van der Waals surface area contributed by atoms with Crippen molar-refractivity contribution in [2.75, 3.05) is 11.0 Å². The van der Waals surface area contributed by atoms with E-state index in [1.807, 2.05) is 26.8 Å². The summed E-state index contributed by atoms with van der Waals surface area (Å²) in [5.41, 5.74) is 1.24. The SMILES string of the molecule is CC(C)CC(=O)NC(C)c1ccccc1NS(C)(=O)=O. The summed E-state index contributed by atoms with van der Waals surface area (Å²) in [4.78, 5) is 11.8. The lowest BCUT2D eigenvalue weighted by molar-refractivity contribution is -0.122. The molecule has 1 rings (SSSR count). The molecule has 1 aromatic rings. The Kier molecular flexibility index (Phi) is 5.56. The summed E-state index contributed by atoms with van der Waals surface area (Å²) in [7, 11) is -3.34. The molecule has 1 unspecified atom stereocenters. The Morgan fingerprint density at radius 2 is 1.80 bits per heavy atom. The van der Waals surface area contributed by atoms with Gasteiger partial charge in [0.1, 0.15) is 0 Å². The third kappa shape index (κ3) is 5.61. The van der Waals surface area contributed by atoms with Gasteiger partial charge in [-0.15, -0.1) is 0 Å². The fourth-order valence-corrected chi connectivity index (χ4v) is 2.50. The molecule has 20 heavy (non-hydrogen) atoms. The highest BCUT2D eigenvalue weighted by Crippen LogP contribution is 2.23. The molecular weight excluding hydrogens is 276 g/mol. The van der Waals surface area contributed by atoms with Gasteiger partial charge in [0.2, 0.25) is 15.9 Å². The second-order valence-corrected chi connectivity index (χ2v) is 7.10. The quantitative estimate of drug-likeness (QED) is 0.846. The van der Waals surface area contributed by atoms with Crippen LogP contribution in [0.25, 0.3) is 0 Å². The van der Waals surface area contributed by atoms with E-state index in [0.717, 1.165) is 11.8 Å². The molecule has 1 amide bonds. The van der Waals surface area contributed by atoms with E-state index in [4.69, 9.17) is 0 Å². The topological polar surface area (TPSA) is 75.3 Å². The zero-order chi connectivity index (χ0) is 15.3. The van der Waals surface area contributed by atoms with E-state index < -0.39 is 10.0 Å². The highest BCUT2D eigenvalue weighted by atomic mass is 32.2. The van der Waals surface area contributed by atoms with E-state index in [0.29, 0.717) is 12.1 Å². The normalized spacial score (nSPS) is 13.1. The third-order valence-corrected chi connectivity index (χ3v) is 3.28. The number of amides is 1. The predicted molar refractivity (Wildman–Crippen MR) is 80.9 cm³/mol. The molecule has 0 bridgehead atoms. The average molecular weight is 298 g/mol. The molecule has 2 N–H and O–H groups in total. The van der Waals surface area contributed by atoms with Crippen molar-refractivity contribution in [2.24, 2.45) is 5.92 Å². The number of hydrogen-bond acceptors (Lipinski definition) is 3. The molecule has 0 aliphatic heterocycles. The molecule has 0 aliphatic rings. The minimum atomic E-state index is -3.34. The van der Waals surface area contributed by atoms with E-state index in [1.54, 1.807) is 18.2 Å². The zero-order valence-corrected chi connectivity index (χ0v) is 13.1. The van der Waals surface area contributed by atoms with Crippen LogP contribution in [0.2, 0.25) is 0 Å². The molecule has 1 aromatic carbocycles. The molecule has 0 aliphatic carbocycles. The third-order valence-electron chi connectivity index (χ3n) is 2.69. The van der Waals surface area contributed by atoms with E-state index >= 15 is 0 Å². The van der Waals surface area contributed by atoms with Gasteiger partial charge in [0.05, 0.1) is 18.0 Å². The number of hydrogen-bond donors (Lipinski definition) is 2. The minimum Gasteiger partial charge on any atom is -0.349 e. The summed E-state index contributed by atoms with van der Waals surface area (Å²) in [6.45, 7) is 5.79. The number of sulfonamides is 1. The van der Waals surface area contributed by atoms with Crippen LogP contribution in [0, 0.1) is 5.92 Å². The van der Waals surface area contributed by atoms with Gasteiger partial charge in [-0.05, 0) is 24.5 Å². The van der Waals surface area contributed by atoms with Crippen molar-refractivity contribution in [1.29, 1.82) is 0 Å². The Morgan fingerprint density at radius 3 is 2.35 bits per heavy atom. The molecule has 5 nitrogen and oxygen atoms in total. The summed E-state index contributed by atoms with van der Waals surface area (Å²) < 4.78 is 25.2. The van der Waals surface area contributed by atoms with Gasteiger partial charge in [-0.2, -0.15) is 0 Å². The number of rotatable bonds is 6. The molecule has 0 radical (unpaired) electrons. The monoisotopic (exact) mass is 298 g/mol. The number of carbonyl (C=O) groups excluding carboxylic acids is 1. The van der Waals surface area contributed by atoms with Crippen LogP contribution >= 0.6 is 0 Å². The van der Waals surface area contributed by atoms with E-state index in [1.165, 1.54) is 0 Å². The maximum atomic E-state index is 11.8. The number of nitrogens with one attached hydrogen (secondary N) is 2. The Morgan fingerprint density at radius 1 is 1.20 bits per heavy atom. The Balaban J connectivity index is 2.87. The second-order valence-electron chi connectivity index (χ2n) is 5.35. The van der Waals surface area contributed by atoms with E-state index in [-0.39, 0.29) is 17.9 Å². The lowest BCUT2D eigenvalue weighted by Gasteiger charge is -2.19. The molecule has 112 valence electrons. The van der Waals surface area contributed by atoms with Crippen LogP contribution < -0.4 is 10.0 Å². The Labute approximate surface area is 120 Å². The number of benzene rings is 1. The zero-order valence-electron chi connectivity index (χ0n) is 12.3. The maximum absolute atomic E-state index is 11.8. The van der Waals surface area contributed by atoms with Crippen molar-refractivity contribution < 1.29 is 13.2 Å². The number of carbonyl (C=O) groups is 1. The fraction of sp³-hybridized carbons (Fsp3) is 0.500. The molecule has 0 saturated heterocycles. The summed E-state index contributed by atoms with van der Waals surface area (Å²) >= 11 is 0. The number of anilines is 1. The summed E-state index contributed by atoms with van der Waals surface area (Å²) in [6.07, 6.45) is 1.55. The maximum Gasteiger partial charge on any atom is 0.229 e. The van der Waals surface area contributed by atoms with Crippen LogP contribution in [0.15, 0.2) is 24.3 Å². The smallest absolute Gasteiger partial charge is 0.229 e. The van der Waals surface area contributed by atoms with Gasteiger partial charge in [0.25, 0.3) is 0 Å². The van der Waals surface area contributed by atoms with Crippen LogP contribution in [-0.4, -0.2) is 20.6 Å². The lowest BCUT2D eigenvalue weighted by Crippen LogP contribution is -2.28. The first kappa shape index (κ1) is 16.5. The predicted octanol–water partition coefficient (Wildman–Crippen LogP) is 2.28. The number of para-hydroxylation sites is 1. The Bertz CT molecular complexity index is 568. The molecular formula is C14H22N2O3S. The molecule has 0 aromatic heterocycles. The van der Waals surface area contributed by atoms with Crippen molar-refractivity contribution in [1.82, 2.24) is 5.32 Å². The highest BCUT2D eigenvalue weighted by molar-refractivity contribution is 7.92. The summed E-state index contributed by atoms with van der Waals surface area (Å²) in [6, 6.07) is 6.79. The molecule has 6 heteroatoms. The fourth-order valence-electron chi connectivity index (χ4n) is 1.92. The van der Waals surface area contributed by atoms with E-state index in [2.05, 4.69) is 10.0 Å². The molecule has 0 fully saturated rings. The van der Waals surface area contributed by atoms with Crippen molar-refractivity contribution in [3.63, 3.8) is 0 Å². The first-order valence-corrected chi connectivity index (χ1v) is 8.44. The molecule has 0 heterocycles. The van der Waals surface area contributed by atoms with Gasteiger partial charge in [0, 0.05) is 6.42 Å². The first-order chi connectivity index (χ1) is 9.19. The van der Waals surface area contributed by atoms with Crippen molar-refractivity contribution in [2.45, 2.75) is 33.2 Å². The van der Waals surface area contributed by atoms with Gasteiger partial charge >= 0.3 is 0 Å². The Hall–Kier alpha value is -1.56. The summed E-state index contributed by atoms with van der Waals surface area (Å²) in [5.74, 6) is 0.244. The van der Waals surface area contributed by atoms with Gasteiger partial charge in [-0.1, -0.05) is 32.0 Å². The van der Waals surface area contributed by atoms with Crippen molar-refractivity contribution >= 4 is 21.6 Å². The van der Waals surface area contributed by atoms with Crippen LogP contribution in [0.5, 0.6) is 0 Å².